The highest BCUT2D eigenvalue weighted by Gasteiger charge is 2.24. The number of piperazine rings is 1. The van der Waals surface area contributed by atoms with E-state index in [1.54, 1.807) is 35.4 Å². The van der Waals surface area contributed by atoms with Gasteiger partial charge in [-0.2, -0.15) is 0 Å². The van der Waals surface area contributed by atoms with Gasteiger partial charge in [0.25, 0.3) is 11.6 Å². The second-order valence-electron chi connectivity index (χ2n) is 6.61. The Morgan fingerprint density at radius 2 is 1.71 bits per heavy atom. The summed E-state index contributed by atoms with van der Waals surface area (Å²) in [6.07, 6.45) is 3.14. The van der Waals surface area contributed by atoms with E-state index in [9.17, 15) is 20.0 Å². The number of non-ortho nitro benzene ring substituents is 1. The molecule has 1 N–H and O–H groups in total. The number of aromatic nitrogens is 1. The molecule has 142 valence electrons. The number of nitrogens with zero attached hydrogens (tertiary/aromatic N) is 4. The second kappa shape index (κ2) is 7.15. The Bertz CT molecular complexity index is 1040. The monoisotopic (exact) mass is 378 g/mol. The number of aromatic hydroxyl groups is 1. The fourth-order valence-electron chi connectivity index (χ4n) is 3.53. The molecule has 1 aromatic heterocycles. The summed E-state index contributed by atoms with van der Waals surface area (Å²) in [4.78, 5) is 31.4. The van der Waals surface area contributed by atoms with Crippen LogP contribution in [0.3, 0.4) is 0 Å². The first kappa shape index (κ1) is 17.7. The molecule has 1 aliphatic heterocycles. The number of hydrogen-bond donors (Lipinski definition) is 1. The molecule has 1 aliphatic rings. The minimum atomic E-state index is -0.401. The zero-order valence-corrected chi connectivity index (χ0v) is 15.0. The number of benzene rings is 2. The molecule has 0 radical (unpaired) electrons. The highest BCUT2D eigenvalue weighted by molar-refractivity contribution is 5.99. The number of carbonyl (C=O) groups is 1. The van der Waals surface area contributed by atoms with Crippen LogP contribution in [0.1, 0.15) is 10.4 Å². The van der Waals surface area contributed by atoms with Gasteiger partial charge in [0.05, 0.1) is 10.3 Å². The summed E-state index contributed by atoms with van der Waals surface area (Å²) in [5, 5.41) is 21.9. The number of phenols is 1. The number of nitro benzene ring substituents is 1. The number of hydrogen-bond acceptors (Lipinski definition) is 6. The van der Waals surface area contributed by atoms with Crippen LogP contribution in [0.5, 0.6) is 5.75 Å². The van der Waals surface area contributed by atoms with Crippen LogP contribution in [0.15, 0.2) is 54.9 Å². The van der Waals surface area contributed by atoms with E-state index in [0.29, 0.717) is 37.1 Å². The average molecular weight is 378 g/mol. The first-order valence-electron chi connectivity index (χ1n) is 8.89. The standard InChI is InChI=1S/C20H18N4O4/c25-15-3-1-14(2-4-15)20(26)23-11-9-22(10-12-23)18-5-6-19(24(27)28)17-13-21-8-7-16(17)18/h1-8,13,25H,9-12H2. The van der Waals surface area contributed by atoms with Crippen molar-refractivity contribution in [2.75, 3.05) is 31.1 Å². The second-order valence-corrected chi connectivity index (χ2v) is 6.61. The SMILES string of the molecule is O=C(c1ccc(O)cc1)N1CCN(c2ccc([N+](=O)[O-])c3cnccc23)CC1. The van der Waals surface area contributed by atoms with E-state index in [4.69, 9.17) is 0 Å². The number of pyridine rings is 1. The third-order valence-corrected chi connectivity index (χ3v) is 4.99. The van der Waals surface area contributed by atoms with Crippen molar-refractivity contribution in [1.29, 1.82) is 0 Å². The van der Waals surface area contributed by atoms with Crippen molar-refractivity contribution >= 4 is 28.1 Å². The van der Waals surface area contributed by atoms with Gasteiger partial charge in [-0.3, -0.25) is 19.9 Å². The number of fused-ring (bicyclic) bond motifs is 1. The van der Waals surface area contributed by atoms with Gasteiger partial charge in [0.1, 0.15) is 5.75 Å². The van der Waals surface area contributed by atoms with E-state index in [1.807, 2.05) is 0 Å². The van der Waals surface area contributed by atoms with E-state index in [0.717, 1.165) is 11.1 Å². The Kier molecular flexibility index (Phi) is 4.52. The first-order valence-corrected chi connectivity index (χ1v) is 8.89. The molecule has 0 aliphatic carbocycles. The topological polar surface area (TPSA) is 99.8 Å². The third kappa shape index (κ3) is 3.20. The lowest BCUT2D eigenvalue weighted by Crippen LogP contribution is -2.48. The van der Waals surface area contributed by atoms with Crippen LogP contribution in [-0.2, 0) is 0 Å². The third-order valence-electron chi connectivity index (χ3n) is 4.99. The molecule has 1 saturated heterocycles. The lowest BCUT2D eigenvalue weighted by Gasteiger charge is -2.36. The maximum atomic E-state index is 12.6. The Balaban J connectivity index is 1.54. The fraction of sp³-hybridized carbons (Fsp3) is 0.200. The van der Waals surface area contributed by atoms with Gasteiger partial charge in [-0.05, 0) is 36.4 Å². The Hall–Kier alpha value is -3.68. The molecular weight excluding hydrogens is 360 g/mol. The molecule has 0 spiro atoms. The number of nitro groups is 1. The van der Waals surface area contributed by atoms with E-state index in [2.05, 4.69) is 9.88 Å². The summed E-state index contributed by atoms with van der Waals surface area (Å²) in [5.74, 6) is 0.0540. The van der Waals surface area contributed by atoms with Crippen LogP contribution in [0.2, 0.25) is 0 Å². The van der Waals surface area contributed by atoms with E-state index in [-0.39, 0.29) is 17.3 Å². The highest BCUT2D eigenvalue weighted by atomic mass is 16.6. The molecule has 0 atom stereocenters. The minimum absolute atomic E-state index is 0.0352. The summed E-state index contributed by atoms with van der Waals surface area (Å²) in [5.41, 5.74) is 1.48. The van der Waals surface area contributed by atoms with E-state index < -0.39 is 4.92 Å². The maximum Gasteiger partial charge on any atom is 0.278 e. The molecule has 28 heavy (non-hydrogen) atoms. The molecule has 2 heterocycles. The zero-order valence-electron chi connectivity index (χ0n) is 15.0. The van der Waals surface area contributed by atoms with Crippen LogP contribution in [0, 0.1) is 10.1 Å². The quantitative estimate of drug-likeness (QED) is 0.556. The molecule has 1 fully saturated rings. The van der Waals surface area contributed by atoms with Crippen molar-refractivity contribution in [2.24, 2.45) is 0 Å². The molecule has 1 amide bonds. The molecule has 0 unspecified atom stereocenters. The lowest BCUT2D eigenvalue weighted by atomic mass is 10.1. The Morgan fingerprint density at radius 3 is 2.39 bits per heavy atom. The van der Waals surface area contributed by atoms with Crippen LogP contribution in [0.25, 0.3) is 10.8 Å². The van der Waals surface area contributed by atoms with Gasteiger partial charge >= 0.3 is 0 Å². The summed E-state index contributed by atoms with van der Waals surface area (Å²) in [6.45, 7) is 2.34. The maximum absolute atomic E-state index is 12.6. The number of carbonyl (C=O) groups excluding carboxylic acids is 1. The molecular formula is C20H18N4O4. The smallest absolute Gasteiger partial charge is 0.278 e. The van der Waals surface area contributed by atoms with Crippen molar-refractivity contribution in [1.82, 2.24) is 9.88 Å². The molecule has 3 aromatic rings. The first-order chi connectivity index (χ1) is 13.5. The molecule has 2 aromatic carbocycles. The minimum Gasteiger partial charge on any atom is -0.508 e. The molecule has 0 bridgehead atoms. The lowest BCUT2D eigenvalue weighted by molar-refractivity contribution is -0.383. The van der Waals surface area contributed by atoms with E-state index in [1.165, 1.54) is 24.4 Å². The summed E-state index contributed by atoms with van der Waals surface area (Å²) < 4.78 is 0. The van der Waals surface area contributed by atoms with Gasteiger partial charge in [-0.1, -0.05) is 0 Å². The molecule has 4 rings (SSSR count). The van der Waals surface area contributed by atoms with Crippen LogP contribution >= 0.6 is 0 Å². The molecule has 8 nitrogen and oxygen atoms in total. The number of anilines is 1. The van der Waals surface area contributed by atoms with Gasteiger partial charge in [-0.25, -0.2) is 0 Å². The number of rotatable bonds is 3. The van der Waals surface area contributed by atoms with Gasteiger partial charge in [-0.15, -0.1) is 0 Å². The van der Waals surface area contributed by atoms with Gasteiger partial charge in [0.15, 0.2) is 0 Å². The normalized spacial score (nSPS) is 14.3. The zero-order chi connectivity index (χ0) is 19.7. The average Bonchev–Trinajstić information content (AvgIpc) is 2.73. The molecule has 8 heteroatoms. The van der Waals surface area contributed by atoms with Crippen LogP contribution in [-0.4, -0.2) is 52.0 Å². The van der Waals surface area contributed by atoms with Crippen molar-refractivity contribution in [3.05, 3.63) is 70.5 Å². The van der Waals surface area contributed by atoms with Gasteiger partial charge in [0, 0.05) is 61.3 Å². The predicted octanol–water partition coefficient (Wildman–Crippen LogP) is 2.81. The van der Waals surface area contributed by atoms with Gasteiger partial charge in [0.2, 0.25) is 0 Å². The van der Waals surface area contributed by atoms with Crippen molar-refractivity contribution in [2.45, 2.75) is 0 Å². The van der Waals surface area contributed by atoms with Crippen molar-refractivity contribution in [3.8, 4) is 5.75 Å². The summed E-state index contributed by atoms with van der Waals surface area (Å²) in [6, 6.07) is 11.3. The van der Waals surface area contributed by atoms with Crippen LogP contribution < -0.4 is 4.90 Å². The van der Waals surface area contributed by atoms with Gasteiger partial charge < -0.3 is 14.9 Å². The number of amides is 1. The van der Waals surface area contributed by atoms with Crippen molar-refractivity contribution < 1.29 is 14.8 Å². The van der Waals surface area contributed by atoms with E-state index >= 15 is 0 Å². The molecule has 0 saturated carbocycles. The fourth-order valence-corrected chi connectivity index (χ4v) is 3.53. The Morgan fingerprint density at radius 1 is 1.00 bits per heavy atom. The predicted molar refractivity (Wildman–Crippen MR) is 105 cm³/mol. The summed E-state index contributed by atoms with van der Waals surface area (Å²) >= 11 is 0. The number of phenolic OH excluding ortho intramolecular Hbond substituents is 1. The summed E-state index contributed by atoms with van der Waals surface area (Å²) in [7, 11) is 0. The Labute approximate surface area is 160 Å². The largest absolute Gasteiger partial charge is 0.508 e. The highest BCUT2D eigenvalue weighted by Crippen LogP contribution is 2.33. The van der Waals surface area contributed by atoms with Crippen LogP contribution in [0.4, 0.5) is 11.4 Å². The van der Waals surface area contributed by atoms with Crippen molar-refractivity contribution in [3.63, 3.8) is 0 Å².